The molecule has 6 nitrogen and oxygen atoms in total. The summed E-state index contributed by atoms with van der Waals surface area (Å²) < 4.78 is 10.4. The van der Waals surface area contributed by atoms with Crippen LogP contribution in [0.1, 0.15) is 24.3 Å². The number of methoxy groups -OCH3 is 1. The quantitative estimate of drug-likeness (QED) is 0.466. The molecule has 0 amide bonds. The molecule has 0 aliphatic heterocycles. The Labute approximate surface area is 124 Å². The summed E-state index contributed by atoms with van der Waals surface area (Å²) in [5.74, 6) is 1.75. The van der Waals surface area contributed by atoms with Crippen LogP contribution in [0.5, 0.6) is 0 Å². The predicted octanol–water partition coefficient (Wildman–Crippen LogP) is 1.35. The maximum absolute atomic E-state index is 5.71. The average molecular weight is 368 g/mol. The molecule has 1 unspecified atom stereocenters. The van der Waals surface area contributed by atoms with Crippen LogP contribution >= 0.6 is 24.0 Å². The molecule has 0 saturated carbocycles. The lowest BCUT2D eigenvalue weighted by Crippen LogP contribution is -2.40. The number of hydrogen-bond acceptors (Lipinski definition) is 4. The van der Waals surface area contributed by atoms with Gasteiger partial charge in [0, 0.05) is 13.2 Å². The molecular formula is C11H21IN4O2. The number of aliphatic imine (C=N–C) groups is 1. The summed E-state index contributed by atoms with van der Waals surface area (Å²) in [6.45, 7) is 6.65. The van der Waals surface area contributed by atoms with Crippen molar-refractivity contribution in [1.29, 1.82) is 0 Å². The number of aromatic nitrogens is 1. The number of oxazole rings is 1. The molecular weight excluding hydrogens is 347 g/mol. The summed E-state index contributed by atoms with van der Waals surface area (Å²) in [7, 11) is 1.64. The zero-order valence-corrected chi connectivity index (χ0v) is 13.5. The summed E-state index contributed by atoms with van der Waals surface area (Å²) >= 11 is 0. The van der Waals surface area contributed by atoms with Crippen molar-refractivity contribution in [2.24, 2.45) is 10.7 Å². The fourth-order valence-corrected chi connectivity index (χ4v) is 1.35. The van der Waals surface area contributed by atoms with E-state index in [0.29, 0.717) is 25.0 Å². The van der Waals surface area contributed by atoms with Crippen LogP contribution in [0.25, 0.3) is 0 Å². The SMILES string of the molecule is COCC(C)NC(N)=NCc1nc(C)c(C)o1.I. The van der Waals surface area contributed by atoms with Gasteiger partial charge < -0.3 is 20.2 Å². The van der Waals surface area contributed by atoms with E-state index in [0.717, 1.165) is 11.5 Å². The van der Waals surface area contributed by atoms with Crippen molar-refractivity contribution in [3.63, 3.8) is 0 Å². The lowest BCUT2D eigenvalue weighted by atomic mass is 10.4. The highest BCUT2D eigenvalue weighted by Crippen LogP contribution is 2.08. The van der Waals surface area contributed by atoms with Crippen LogP contribution in [0.3, 0.4) is 0 Å². The monoisotopic (exact) mass is 368 g/mol. The number of nitrogens with two attached hydrogens (primary N) is 1. The van der Waals surface area contributed by atoms with E-state index in [1.54, 1.807) is 7.11 Å². The van der Waals surface area contributed by atoms with E-state index in [4.69, 9.17) is 14.9 Å². The van der Waals surface area contributed by atoms with Gasteiger partial charge in [-0.2, -0.15) is 0 Å². The maximum Gasteiger partial charge on any atom is 0.216 e. The van der Waals surface area contributed by atoms with Crippen molar-refractivity contribution in [2.75, 3.05) is 13.7 Å². The highest BCUT2D eigenvalue weighted by atomic mass is 127. The largest absolute Gasteiger partial charge is 0.444 e. The zero-order valence-electron chi connectivity index (χ0n) is 11.2. The van der Waals surface area contributed by atoms with E-state index in [1.165, 1.54) is 0 Å². The van der Waals surface area contributed by atoms with Crippen molar-refractivity contribution >= 4 is 29.9 Å². The molecule has 1 aromatic heterocycles. The fraction of sp³-hybridized carbons (Fsp3) is 0.636. The van der Waals surface area contributed by atoms with Gasteiger partial charge in [0.15, 0.2) is 5.96 Å². The number of nitrogens with one attached hydrogen (secondary N) is 1. The summed E-state index contributed by atoms with van der Waals surface area (Å²) in [6, 6.07) is 0.122. The minimum Gasteiger partial charge on any atom is -0.444 e. The van der Waals surface area contributed by atoms with E-state index in [9.17, 15) is 0 Å². The van der Waals surface area contributed by atoms with Crippen LogP contribution < -0.4 is 11.1 Å². The second-order valence-corrected chi connectivity index (χ2v) is 3.95. The highest BCUT2D eigenvalue weighted by Gasteiger charge is 2.05. The standard InChI is InChI=1S/C11H20N4O2.HI/c1-7(6-16-4)14-11(12)13-5-10-15-8(2)9(3)17-10;/h7H,5-6H2,1-4H3,(H3,12,13,14);1H. The van der Waals surface area contributed by atoms with Crippen LogP contribution in [0, 0.1) is 13.8 Å². The Morgan fingerprint density at radius 3 is 2.72 bits per heavy atom. The van der Waals surface area contributed by atoms with Gasteiger partial charge in [-0.05, 0) is 20.8 Å². The summed E-state index contributed by atoms with van der Waals surface area (Å²) in [4.78, 5) is 8.36. The maximum atomic E-state index is 5.71. The van der Waals surface area contributed by atoms with Gasteiger partial charge in [0.1, 0.15) is 12.3 Å². The molecule has 3 N–H and O–H groups in total. The van der Waals surface area contributed by atoms with Gasteiger partial charge in [-0.1, -0.05) is 0 Å². The first-order valence-electron chi connectivity index (χ1n) is 5.51. The van der Waals surface area contributed by atoms with Gasteiger partial charge in [-0.25, -0.2) is 9.98 Å². The molecule has 1 heterocycles. The van der Waals surface area contributed by atoms with E-state index in [1.807, 2.05) is 20.8 Å². The lowest BCUT2D eigenvalue weighted by Gasteiger charge is -2.12. The topological polar surface area (TPSA) is 85.7 Å². The fourth-order valence-electron chi connectivity index (χ4n) is 1.35. The van der Waals surface area contributed by atoms with E-state index < -0.39 is 0 Å². The van der Waals surface area contributed by atoms with Crippen molar-refractivity contribution in [1.82, 2.24) is 10.3 Å². The molecule has 0 spiro atoms. The first-order valence-corrected chi connectivity index (χ1v) is 5.51. The number of aryl methyl sites for hydroxylation is 2. The third-order valence-corrected chi connectivity index (χ3v) is 2.27. The Hall–Kier alpha value is -0.830. The summed E-state index contributed by atoms with van der Waals surface area (Å²) in [6.07, 6.45) is 0. The molecule has 0 radical (unpaired) electrons. The van der Waals surface area contributed by atoms with Crippen LogP contribution in [0.2, 0.25) is 0 Å². The number of halogens is 1. The Bertz CT molecular complexity index is 373. The molecule has 1 atom stereocenters. The first kappa shape index (κ1) is 17.2. The molecule has 0 aromatic carbocycles. The average Bonchev–Trinajstić information content (AvgIpc) is 2.56. The number of hydrogen-bond donors (Lipinski definition) is 2. The minimum atomic E-state index is 0. The zero-order chi connectivity index (χ0) is 12.8. The Kier molecular flexibility index (Phi) is 7.92. The van der Waals surface area contributed by atoms with Gasteiger partial charge in [-0.15, -0.1) is 24.0 Å². The van der Waals surface area contributed by atoms with Gasteiger partial charge in [0.25, 0.3) is 0 Å². The second kappa shape index (κ2) is 8.30. The second-order valence-electron chi connectivity index (χ2n) is 3.95. The molecule has 1 rings (SSSR count). The van der Waals surface area contributed by atoms with Crippen molar-refractivity contribution in [3.8, 4) is 0 Å². The van der Waals surface area contributed by atoms with E-state index in [2.05, 4.69) is 15.3 Å². The van der Waals surface area contributed by atoms with Crippen LogP contribution in [-0.4, -0.2) is 30.7 Å². The highest BCUT2D eigenvalue weighted by molar-refractivity contribution is 14.0. The van der Waals surface area contributed by atoms with Crippen molar-refractivity contribution in [2.45, 2.75) is 33.4 Å². The molecule has 104 valence electrons. The molecule has 0 aliphatic carbocycles. The van der Waals surface area contributed by atoms with Gasteiger partial charge in [0.05, 0.1) is 12.3 Å². The Morgan fingerprint density at radius 1 is 1.56 bits per heavy atom. The number of guanidine groups is 1. The number of rotatable bonds is 5. The first-order chi connectivity index (χ1) is 8.02. The third kappa shape index (κ3) is 5.67. The third-order valence-electron chi connectivity index (χ3n) is 2.27. The van der Waals surface area contributed by atoms with Crippen LogP contribution in [0.15, 0.2) is 9.41 Å². The van der Waals surface area contributed by atoms with Gasteiger partial charge >= 0.3 is 0 Å². The number of nitrogens with zero attached hydrogens (tertiary/aromatic N) is 2. The Balaban J connectivity index is 0.00000289. The smallest absolute Gasteiger partial charge is 0.216 e. The molecule has 0 bridgehead atoms. The number of ether oxygens (including phenoxy) is 1. The summed E-state index contributed by atoms with van der Waals surface area (Å²) in [5.41, 5.74) is 6.60. The summed E-state index contributed by atoms with van der Waals surface area (Å²) in [5, 5.41) is 3.01. The molecule has 18 heavy (non-hydrogen) atoms. The molecule has 0 aliphatic rings. The normalized spacial score (nSPS) is 13.0. The predicted molar refractivity (Wildman–Crippen MR) is 81.2 cm³/mol. The van der Waals surface area contributed by atoms with Gasteiger partial charge in [-0.3, -0.25) is 0 Å². The molecule has 1 aromatic rings. The molecule has 0 saturated heterocycles. The van der Waals surface area contributed by atoms with Crippen LogP contribution in [-0.2, 0) is 11.3 Å². The Morgan fingerprint density at radius 2 is 2.22 bits per heavy atom. The lowest BCUT2D eigenvalue weighted by molar-refractivity contribution is 0.179. The minimum absolute atomic E-state index is 0. The van der Waals surface area contributed by atoms with Crippen molar-refractivity contribution < 1.29 is 9.15 Å². The van der Waals surface area contributed by atoms with E-state index in [-0.39, 0.29) is 30.0 Å². The molecule has 7 heteroatoms. The van der Waals surface area contributed by atoms with Crippen LogP contribution in [0.4, 0.5) is 0 Å². The molecule has 0 fully saturated rings. The van der Waals surface area contributed by atoms with E-state index >= 15 is 0 Å². The van der Waals surface area contributed by atoms with Gasteiger partial charge in [0.2, 0.25) is 5.89 Å². The van der Waals surface area contributed by atoms with Crippen molar-refractivity contribution in [3.05, 3.63) is 17.3 Å².